The molecule has 1 aromatic heterocycles. The summed E-state index contributed by atoms with van der Waals surface area (Å²) in [6.45, 7) is 8.04. The third-order valence-electron chi connectivity index (χ3n) is 4.48. The molecule has 1 aliphatic rings. The summed E-state index contributed by atoms with van der Waals surface area (Å²) < 4.78 is 21.0. The number of hydrogen-bond acceptors (Lipinski definition) is 3. The van der Waals surface area contributed by atoms with Crippen molar-refractivity contribution in [3.05, 3.63) is 53.1 Å². The first-order valence-electron chi connectivity index (χ1n) is 8.71. The minimum Gasteiger partial charge on any atom is -0.370 e. The van der Waals surface area contributed by atoms with Crippen LogP contribution in [0.3, 0.4) is 0 Å². The monoisotopic (exact) mass is 345 g/mol. The van der Waals surface area contributed by atoms with E-state index in [4.69, 9.17) is 4.74 Å². The molecule has 2 heterocycles. The van der Waals surface area contributed by atoms with Crippen molar-refractivity contribution in [1.29, 1.82) is 0 Å². The summed E-state index contributed by atoms with van der Waals surface area (Å²) in [4.78, 5) is 14.4. The van der Waals surface area contributed by atoms with Gasteiger partial charge in [-0.25, -0.2) is 4.39 Å². The van der Waals surface area contributed by atoms with E-state index in [0.29, 0.717) is 30.9 Å². The van der Waals surface area contributed by atoms with Crippen LogP contribution in [-0.2, 0) is 17.9 Å². The molecule has 0 aliphatic carbocycles. The molecule has 0 radical (unpaired) electrons. The van der Waals surface area contributed by atoms with Gasteiger partial charge in [-0.15, -0.1) is 0 Å². The fraction of sp³-hybridized carbons (Fsp3) is 0.474. The fourth-order valence-electron chi connectivity index (χ4n) is 2.83. The van der Waals surface area contributed by atoms with Gasteiger partial charge in [-0.3, -0.25) is 9.48 Å². The van der Waals surface area contributed by atoms with E-state index in [1.165, 1.54) is 6.07 Å². The molecule has 0 N–H and O–H groups in total. The van der Waals surface area contributed by atoms with Gasteiger partial charge in [-0.05, 0) is 25.0 Å². The number of carbonyl (C=O) groups is 1. The number of aromatic nitrogens is 2. The molecule has 6 heteroatoms. The average molecular weight is 345 g/mol. The number of hydrogen-bond donors (Lipinski definition) is 0. The first kappa shape index (κ1) is 17.6. The van der Waals surface area contributed by atoms with Crippen molar-refractivity contribution in [2.24, 2.45) is 0 Å². The first-order chi connectivity index (χ1) is 12.0. The molecule has 3 rings (SSSR count). The maximum Gasteiger partial charge on any atom is 0.272 e. The predicted octanol–water partition coefficient (Wildman–Crippen LogP) is 3.21. The summed E-state index contributed by atoms with van der Waals surface area (Å²) in [6, 6.07) is 8.46. The summed E-state index contributed by atoms with van der Waals surface area (Å²) in [6.07, 6.45) is -0.0499. The van der Waals surface area contributed by atoms with Crippen molar-refractivity contribution in [2.45, 2.75) is 45.9 Å². The second-order valence-electron chi connectivity index (χ2n) is 6.66. The van der Waals surface area contributed by atoms with Gasteiger partial charge < -0.3 is 9.64 Å². The molecule has 0 unspecified atom stereocenters. The van der Waals surface area contributed by atoms with Crippen LogP contribution < -0.4 is 0 Å². The van der Waals surface area contributed by atoms with Gasteiger partial charge in [0.2, 0.25) is 0 Å². The van der Waals surface area contributed by atoms with Crippen LogP contribution in [0.5, 0.6) is 0 Å². The Morgan fingerprint density at radius 3 is 2.72 bits per heavy atom. The number of likely N-dealkylation sites (tertiary alicyclic amines) is 1. The number of rotatable bonds is 6. The molecule has 2 aromatic rings. The largest absolute Gasteiger partial charge is 0.370 e. The van der Waals surface area contributed by atoms with Gasteiger partial charge in [0.1, 0.15) is 11.5 Å². The van der Waals surface area contributed by atoms with E-state index in [-0.39, 0.29) is 30.4 Å². The maximum atomic E-state index is 13.6. The van der Waals surface area contributed by atoms with E-state index in [1.807, 2.05) is 13.0 Å². The quantitative estimate of drug-likeness (QED) is 0.808. The standard InChI is InChI=1S/C19H24FN3O2/c1-4-23-18(9-17(21-23)13(2)3)19(24)22-10-15(11-22)25-12-14-7-5-6-8-16(14)20/h5-9,13,15H,4,10-12H2,1-3H3. The average Bonchev–Trinajstić information content (AvgIpc) is 2.99. The lowest BCUT2D eigenvalue weighted by molar-refractivity contribution is -0.0513. The Morgan fingerprint density at radius 1 is 1.36 bits per heavy atom. The van der Waals surface area contributed by atoms with Gasteiger partial charge in [0.15, 0.2) is 0 Å². The molecule has 25 heavy (non-hydrogen) atoms. The number of nitrogens with zero attached hydrogens (tertiary/aromatic N) is 3. The number of halogens is 1. The highest BCUT2D eigenvalue weighted by molar-refractivity contribution is 5.93. The highest BCUT2D eigenvalue weighted by Crippen LogP contribution is 2.21. The smallest absolute Gasteiger partial charge is 0.272 e. The summed E-state index contributed by atoms with van der Waals surface area (Å²) in [5, 5.41) is 4.49. The lowest BCUT2D eigenvalue weighted by Gasteiger charge is -2.38. The number of amides is 1. The van der Waals surface area contributed by atoms with Crippen LogP contribution >= 0.6 is 0 Å². The van der Waals surface area contributed by atoms with Crippen LogP contribution in [0.25, 0.3) is 0 Å². The molecule has 0 atom stereocenters. The van der Waals surface area contributed by atoms with Crippen LogP contribution in [0, 0.1) is 5.82 Å². The Hall–Kier alpha value is -2.21. The topological polar surface area (TPSA) is 47.4 Å². The van der Waals surface area contributed by atoms with Crippen molar-refractivity contribution in [3.63, 3.8) is 0 Å². The zero-order valence-corrected chi connectivity index (χ0v) is 14.9. The highest BCUT2D eigenvalue weighted by Gasteiger charge is 2.33. The Bertz CT molecular complexity index is 751. The zero-order valence-electron chi connectivity index (χ0n) is 14.9. The molecule has 134 valence electrons. The van der Waals surface area contributed by atoms with Crippen LogP contribution in [-0.4, -0.2) is 39.8 Å². The molecule has 1 aliphatic heterocycles. The van der Waals surface area contributed by atoms with E-state index in [2.05, 4.69) is 18.9 Å². The van der Waals surface area contributed by atoms with Crippen molar-refractivity contribution >= 4 is 5.91 Å². The lowest BCUT2D eigenvalue weighted by Crippen LogP contribution is -2.55. The molecule has 1 aromatic carbocycles. The molecule has 0 saturated carbocycles. The zero-order chi connectivity index (χ0) is 18.0. The van der Waals surface area contributed by atoms with E-state index in [0.717, 1.165) is 5.69 Å². The second-order valence-corrected chi connectivity index (χ2v) is 6.66. The van der Waals surface area contributed by atoms with Crippen molar-refractivity contribution in [1.82, 2.24) is 14.7 Å². The SMILES string of the molecule is CCn1nc(C(C)C)cc1C(=O)N1CC(OCc2ccccc2F)C1. The van der Waals surface area contributed by atoms with E-state index in [9.17, 15) is 9.18 Å². The third kappa shape index (κ3) is 3.74. The van der Waals surface area contributed by atoms with Gasteiger partial charge in [-0.1, -0.05) is 32.0 Å². The Kier molecular flexibility index (Phi) is 5.18. The van der Waals surface area contributed by atoms with Gasteiger partial charge in [0.05, 0.1) is 18.4 Å². The molecule has 0 spiro atoms. The van der Waals surface area contributed by atoms with Crippen LogP contribution in [0.15, 0.2) is 30.3 Å². The Labute approximate surface area is 147 Å². The summed E-state index contributed by atoms with van der Waals surface area (Å²) >= 11 is 0. The van der Waals surface area contributed by atoms with Crippen LogP contribution in [0.2, 0.25) is 0 Å². The highest BCUT2D eigenvalue weighted by atomic mass is 19.1. The lowest BCUT2D eigenvalue weighted by atomic mass is 10.1. The molecular formula is C19H24FN3O2. The van der Waals surface area contributed by atoms with Gasteiger partial charge in [-0.2, -0.15) is 5.10 Å². The van der Waals surface area contributed by atoms with E-state index in [1.54, 1.807) is 27.8 Å². The number of benzene rings is 1. The fourth-order valence-corrected chi connectivity index (χ4v) is 2.83. The predicted molar refractivity (Wildman–Crippen MR) is 92.9 cm³/mol. The molecule has 0 bridgehead atoms. The minimum atomic E-state index is -0.261. The summed E-state index contributed by atoms with van der Waals surface area (Å²) in [7, 11) is 0. The van der Waals surface area contributed by atoms with Gasteiger partial charge in [0, 0.05) is 25.2 Å². The van der Waals surface area contributed by atoms with Crippen LogP contribution in [0.1, 0.15) is 48.4 Å². The van der Waals surface area contributed by atoms with Crippen molar-refractivity contribution in [3.8, 4) is 0 Å². The second kappa shape index (κ2) is 7.35. The Balaban J connectivity index is 1.56. The molecule has 1 saturated heterocycles. The summed E-state index contributed by atoms with van der Waals surface area (Å²) in [5.41, 5.74) is 2.09. The summed E-state index contributed by atoms with van der Waals surface area (Å²) in [5.74, 6) is 0.00222. The normalized spacial score (nSPS) is 14.8. The van der Waals surface area contributed by atoms with E-state index >= 15 is 0 Å². The number of ether oxygens (including phenoxy) is 1. The van der Waals surface area contributed by atoms with Gasteiger partial charge in [0.25, 0.3) is 5.91 Å². The molecule has 5 nitrogen and oxygen atoms in total. The number of carbonyl (C=O) groups excluding carboxylic acids is 1. The van der Waals surface area contributed by atoms with Crippen molar-refractivity contribution in [2.75, 3.05) is 13.1 Å². The minimum absolute atomic E-state index is 0.0213. The maximum absolute atomic E-state index is 13.6. The van der Waals surface area contributed by atoms with Crippen LogP contribution in [0.4, 0.5) is 4.39 Å². The number of aryl methyl sites for hydroxylation is 1. The molecular weight excluding hydrogens is 321 g/mol. The first-order valence-corrected chi connectivity index (χ1v) is 8.71. The van der Waals surface area contributed by atoms with Crippen molar-refractivity contribution < 1.29 is 13.9 Å². The molecule has 1 amide bonds. The van der Waals surface area contributed by atoms with E-state index < -0.39 is 0 Å². The van der Waals surface area contributed by atoms with Gasteiger partial charge >= 0.3 is 0 Å². The third-order valence-corrected chi connectivity index (χ3v) is 4.48. The molecule has 1 fully saturated rings. The Morgan fingerprint density at radius 2 is 2.08 bits per heavy atom.